The van der Waals surface area contributed by atoms with Gasteiger partial charge in [-0.05, 0) is 38.8 Å². The number of ether oxygens (including phenoxy) is 1. The summed E-state index contributed by atoms with van der Waals surface area (Å²) in [5, 5.41) is 0. The van der Waals surface area contributed by atoms with Gasteiger partial charge >= 0.3 is 0 Å². The molecular weight excluding hydrogens is 200 g/mol. The highest BCUT2D eigenvalue weighted by molar-refractivity contribution is 4.79. The summed E-state index contributed by atoms with van der Waals surface area (Å²) in [6.07, 6.45) is 7.68. The van der Waals surface area contributed by atoms with E-state index in [1.807, 2.05) is 0 Å². The van der Waals surface area contributed by atoms with Crippen molar-refractivity contribution < 1.29 is 4.74 Å². The lowest BCUT2D eigenvalue weighted by Gasteiger charge is -2.37. The molecule has 1 fully saturated rings. The van der Waals surface area contributed by atoms with Crippen molar-refractivity contribution in [2.24, 2.45) is 5.73 Å². The summed E-state index contributed by atoms with van der Waals surface area (Å²) in [6, 6.07) is 0.821. The molecule has 0 aromatic rings. The Kier molecular flexibility index (Phi) is 7.81. The summed E-state index contributed by atoms with van der Waals surface area (Å²) < 4.78 is 5.63. The van der Waals surface area contributed by atoms with Crippen LogP contribution in [-0.2, 0) is 4.74 Å². The third kappa shape index (κ3) is 5.28. The van der Waals surface area contributed by atoms with Gasteiger partial charge in [0.25, 0.3) is 0 Å². The molecule has 0 bridgehead atoms. The highest BCUT2D eigenvalue weighted by atomic mass is 16.5. The van der Waals surface area contributed by atoms with Gasteiger partial charge in [0.1, 0.15) is 0 Å². The number of unbranched alkanes of at least 4 members (excludes halogenated alkanes) is 1. The Bertz CT molecular complexity index is 160. The van der Waals surface area contributed by atoms with Crippen LogP contribution in [0.1, 0.15) is 45.4 Å². The van der Waals surface area contributed by atoms with Crippen LogP contribution < -0.4 is 5.73 Å². The van der Waals surface area contributed by atoms with Crippen LogP contribution in [0.2, 0.25) is 0 Å². The van der Waals surface area contributed by atoms with Crippen LogP contribution in [0.25, 0.3) is 0 Å². The van der Waals surface area contributed by atoms with E-state index in [1.165, 1.54) is 32.1 Å². The Morgan fingerprint density at radius 2 is 2.00 bits per heavy atom. The Morgan fingerprint density at radius 3 is 2.56 bits per heavy atom. The van der Waals surface area contributed by atoms with Crippen molar-refractivity contribution in [3.8, 4) is 0 Å². The van der Waals surface area contributed by atoms with Crippen LogP contribution in [0.15, 0.2) is 0 Å². The predicted molar refractivity (Wildman–Crippen MR) is 68.6 cm³/mol. The van der Waals surface area contributed by atoms with E-state index in [1.54, 1.807) is 0 Å². The van der Waals surface area contributed by atoms with Crippen molar-refractivity contribution in [1.29, 1.82) is 0 Å². The highest BCUT2D eigenvalue weighted by Gasteiger charge is 2.23. The van der Waals surface area contributed by atoms with Gasteiger partial charge in [-0.25, -0.2) is 0 Å². The number of rotatable bonds is 10. The third-order valence-electron chi connectivity index (χ3n) is 3.41. The lowest BCUT2D eigenvalue weighted by atomic mass is 9.91. The molecule has 1 aliphatic rings. The van der Waals surface area contributed by atoms with Gasteiger partial charge in [-0.3, -0.25) is 4.90 Å². The fourth-order valence-electron chi connectivity index (χ4n) is 2.05. The molecule has 0 heterocycles. The molecule has 0 aromatic heterocycles. The molecule has 0 atom stereocenters. The second-order valence-corrected chi connectivity index (χ2v) is 4.73. The second kappa shape index (κ2) is 8.97. The van der Waals surface area contributed by atoms with Crippen LogP contribution in [0.4, 0.5) is 0 Å². The summed E-state index contributed by atoms with van der Waals surface area (Å²) >= 11 is 0. The van der Waals surface area contributed by atoms with Crippen molar-refractivity contribution in [3.63, 3.8) is 0 Å². The maximum Gasteiger partial charge on any atom is 0.0593 e. The zero-order valence-electron chi connectivity index (χ0n) is 10.8. The van der Waals surface area contributed by atoms with E-state index in [0.29, 0.717) is 0 Å². The first-order chi connectivity index (χ1) is 7.88. The summed E-state index contributed by atoms with van der Waals surface area (Å²) in [5.74, 6) is 0. The van der Waals surface area contributed by atoms with E-state index in [2.05, 4.69) is 11.8 Å². The van der Waals surface area contributed by atoms with Crippen molar-refractivity contribution in [2.75, 3.05) is 32.8 Å². The topological polar surface area (TPSA) is 38.5 Å². The van der Waals surface area contributed by atoms with Crippen molar-refractivity contribution >= 4 is 0 Å². The Morgan fingerprint density at radius 1 is 1.19 bits per heavy atom. The first kappa shape index (κ1) is 13.9. The van der Waals surface area contributed by atoms with Crippen LogP contribution in [0.5, 0.6) is 0 Å². The average molecular weight is 228 g/mol. The van der Waals surface area contributed by atoms with E-state index in [4.69, 9.17) is 10.5 Å². The van der Waals surface area contributed by atoms with Crippen molar-refractivity contribution in [2.45, 2.75) is 51.5 Å². The molecule has 3 nitrogen and oxygen atoms in total. The Labute approximate surface area is 100 Å². The molecule has 0 spiro atoms. The fourth-order valence-corrected chi connectivity index (χ4v) is 2.05. The van der Waals surface area contributed by atoms with Crippen molar-refractivity contribution in [1.82, 2.24) is 4.90 Å². The van der Waals surface area contributed by atoms with Crippen LogP contribution >= 0.6 is 0 Å². The standard InChI is InChI=1S/C13H28N2O/c1-2-3-11-16-12-10-15(9-5-8-14)13-6-4-7-13/h13H,2-12,14H2,1H3. The van der Waals surface area contributed by atoms with Gasteiger partial charge in [0, 0.05) is 19.2 Å². The predicted octanol–water partition coefficient (Wildman–Crippen LogP) is 2.01. The maximum absolute atomic E-state index is 5.63. The second-order valence-electron chi connectivity index (χ2n) is 4.73. The quantitative estimate of drug-likeness (QED) is 0.581. The largest absolute Gasteiger partial charge is 0.380 e. The minimum absolute atomic E-state index is 0.805. The van der Waals surface area contributed by atoms with Crippen LogP contribution in [-0.4, -0.2) is 43.8 Å². The minimum Gasteiger partial charge on any atom is -0.380 e. The molecule has 0 aromatic carbocycles. The average Bonchev–Trinajstić information content (AvgIpc) is 2.22. The van der Waals surface area contributed by atoms with E-state index in [9.17, 15) is 0 Å². The molecule has 1 rings (SSSR count). The maximum atomic E-state index is 5.63. The van der Waals surface area contributed by atoms with Crippen LogP contribution in [0, 0.1) is 0 Å². The van der Waals surface area contributed by atoms with E-state index < -0.39 is 0 Å². The first-order valence-electron chi connectivity index (χ1n) is 6.90. The van der Waals surface area contributed by atoms with E-state index in [-0.39, 0.29) is 0 Å². The molecule has 3 heteroatoms. The molecule has 0 amide bonds. The van der Waals surface area contributed by atoms with Gasteiger partial charge < -0.3 is 10.5 Å². The molecule has 0 aliphatic heterocycles. The van der Waals surface area contributed by atoms with Gasteiger partial charge in [-0.15, -0.1) is 0 Å². The molecule has 1 saturated carbocycles. The zero-order valence-corrected chi connectivity index (χ0v) is 10.8. The Hall–Kier alpha value is -0.120. The summed E-state index contributed by atoms with van der Waals surface area (Å²) in [7, 11) is 0. The SMILES string of the molecule is CCCCOCCN(CCCN)C1CCC1. The molecule has 16 heavy (non-hydrogen) atoms. The smallest absolute Gasteiger partial charge is 0.0593 e. The Balaban J connectivity index is 2.06. The van der Waals surface area contributed by atoms with E-state index in [0.717, 1.165) is 45.3 Å². The monoisotopic (exact) mass is 228 g/mol. The summed E-state index contributed by atoms with van der Waals surface area (Å²) in [5.41, 5.74) is 5.57. The van der Waals surface area contributed by atoms with Gasteiger partial charge in [0.2, 0.25) is 0 Å². The molecular formula is C13H28N2O. The summed E-state index contributed by atoms with van der Waals surface area (Å²) in [4.78, 5) is 2.57. The lowest BCUT2D eigenvalue weighted by molar-refractivity contribution is 0.0628. The molecule has 0 unspecified atom stereocenters. The minimum atomic E-state index is 0.805. The first-order valence-corrected chi connectivity index (χ1v) is 6.90. The van der Waals surface area contributed by atoms with Gasteiger partial charge in [-0.2, -0.15) is 0 Å². The van der Waals surface area contributed by atoms with E-state index >= 15 is 0 Å². The molecule has 96 valence electrons. The number of nitrogens with two attached hydrogens (primary N) is 1. The molecule has 0 radical (unpaired) electrons. The highest BCUT2D eigenvalue weighted by Crippen LogP contribution is 2.24. The number of nitrogens with zero attached hydrogens (tertiary/aromatic N) is 1. The number of hydrogen-bond donors (Lipinski definition) is 1. The third-order valence-corrected chi connectivity index (χ3v) is 3.41. The zero-order chi connectivity index (χ0) is 11.6. The lowest BCUT2D eigenvalue weighted by Crippen LogP contribution is -2.43. The van der Waals surface area contributed by atoms with Crippen LogP contribution in [0.3, 0.4) is 0 Å². The van der Waals surface area contributed by atoms with Gasteiger partial charge in [0.05, 0.1) is 6.61 Å². The number of hydrogen-bond acceptors (Lipinski definition) is 3. The molecule has 1 aliphatic carbocycles. The normalized spacial score (nSPS) is 16.7. The fraction of sp³-hybridized carbons (Fsp3) is 1.00. The summed E-state index contributed by atoms with van der Waals surface area (Å²) in [6.45, 7) is 7.06. The molecule has 0 saturated heterocycles. The molecule has 2 N–H and O–H groups in total. The van der Waals surface area contributed by atoms with Gasteiger partial charge in [0.15, 0.2) is 0 Å². The van der Waals surface area contributed by atoms with Gasteiger partial charge in [-0.1, -0.05) is 19.8 Å². The van der Waals surface area contributed by atoms with Crippen molar-refractivity contribution in [3.05, 3.63) is 0 Å².